The van der Waals surface area contributed by atoms with E-state index in [0.29, 0.717) is 28.9 Å². The van der Waals surface area contributed by atoms with E-state index in [4.69, 9.17) is 9.47 Å². The highest BCUT2D eigenvalue weighted by Gasteiger charge is 2.39. The van der Waals surface area contributed by atoms with Gasteiger partial charge in [0.1, 0.15) is 23.1 Å². The van der Waals surface area contributed by atoms with Crippen molar-refractivity contribution in [1.82, 2.24) is 14.7 Å². The number of sulfonamides is 1. The predicted octanol–water partition coefficient (Wildman–Crippen LogP) is 4.47. The van der Waals surface area contributed by atoms with Crippen molar-refractivity contribution in [2.45, 2.75) is 37.8 Å². The van der Waals surface area contributed by atoms with Crippen molar-refractivity contribution in [2.75, 3.05) is 31.0 Å². The Morgan fingerprint density at radius 1 is 1.14 bits per heavy atom. The molecule has 4 rings (SSSR count). The fourth-order valence-electron chi connectivity index (χ4n) is 4.66. The van der Waals surface area contributed by atoms with E-state index in [1.54, 1.807) is 49.7 Å². The highest BCUT2D eigenvalue weighted by molar-refractivity contribution is 7.90. The molecule has 1 amide bonds. The van der Waals surface area contributed by atoms with Gasteiger partial charge in [0.2, 0.25) is 0 Å². The molecule has 0 aliphatic carbocycles. The van der Waals surface area contributed by atoms with Crippen LogP contribution in [0.25, 0.3) is 0 Å². The summed E-state index contributed by atoms with van der Waals surface area (Å²) in [5.74, 6) is 1.46. The molecule has 0 saturated carbocycles. The minimum atomic E-state index is -4.28. The molecule has 3 aromatic rings. The molecule has 200 valence electrons. The third-order valence-corrected chi connectivity index (χ3v) is 7.49. The smallest absolute Gasteiger partial charge is 0.281 e. The van der Waals surface area contributed by atoms with Crippen LogP contribution in [0, 0.1) is 5.92 Å². The van der Waals surface area contributed by atoms with Gasteiger partial charge in [-0.15, -0.1) is 0 Å². The number of hydrogen-bond acceptors (Lipinski definition) is 9. The van der Waals surface area contributed by atoms with Crippen LogP contribution in [-0.2, 0) is 10.0 Å². The number of benzene rings is 1. The highest BCUT2D eigenvalue weighted by atomic mass is 32.2. The summed E-state index contributed by atoms with van der Waals surface area (Å²) in [5.41, 5.74) is 0.503. The average molecular weight is 530 g/mol. The summed E-state index contributed by atoms with van der Waals surface area (Å²) in [6.07, 6.45) is 2.54. The van der Waals surface area contributed by atoms with Crippen LogP contribution in [0.4, 0.5) is 17.3 Å². The molecule has 2 N–H and O–H groups in total. The molecular weight excluding hydrogens is 494 g/mol. The molecule has 0 radical (unpaired) electrons. The summed E-state index contributed by atoms with van der Waals surface area (Å²) < 4.78 is 39.1. The van der Waals surface area contributed by atoms with Crippen LogP contribution >= 0.6 is 0 Å². The number of anilines is 3. The summed E-state index contributed by atoms with van der Waals surface area (Å²) in [5, 5.41) is 2.73. The monoisotopic (exact) mass is 529 g/mol. The minimum Gasteiger partial charge on any atom is -0.497 e. The molecule has 1 unspecified atom stereocenters. The third kappa shape index (κ3) is 5.61. The van der Waals surface area contributed by atoms with Crippen LogP contribution < -0.4 is 24.4 Å². The van der Waals surface area contributed by atoms with Crippen LogP contribution in [0.3, 0.4) is 0 Å². The van der Waals surface area contributed by atoms with Gasteiger partial charge in [-0.1, -0.05) is 13.0 Å². The number of rotatable bonds is 8. The fraction of sp³-hybridized carbons (Fsp3) is 0.346. The number of nitrogens with one attached hydrogen (secondary N) is 2. The first-order chi connectivity index (χ1) is 17.5. The van der Waals surface area contributed by atoms with E-state index in [1.807, 2.05) is 0 Å². The molecule has 1 atom stereocenters. The van der Waals surface area contributed by atoms with Crippen molar-refractivity contribution in [3.05, 3.63) is 60.3 Å². The molecule has 0 spiro atoms. The highest BCUT2D eigenvalue weighted by Crippen LogP contribution is 2.37. The standard InChI is InChI=1S/C26H31N5O5S.2H2/c1-17-15-26(2,3)31(16-17)24-19(8-7-13-27-24)25(32)30-37(33,34)23-10-6-9-22(29-23)28-20-14-18(35-4)11-12-21(20)36-5;;/h6-14,17H,15-16H2,1-5H3,(H,28,29)(H,30,32);2*1H. The topological polar surface area (TPSA) is 123 Å². The van der Waals surface area contributed by atoms with Crippen molar-refractivity contribution in [1.29, 1.82) is 0 Å². The van der Waals surface area contributed by atoms with Crippen molar-refractivity contribution in [2.24, 2.45) is 5.92 Å². The second-order valence-corrected chi connectivity index (χ2v) is 11.2. The Kier molecular flexibility index (Phi) is 7.26. The van der Waals surface area contributed by atoms with E-state index in [-0.39, 0.29) is 24.8 Å². The molecule has 1 aliphatic rings. The molecule has 10 nitrogen and oxygen atoms in total. The van der Waals surface area contributed by atoms with Gasteiger partial charge in [0.05, 0.1) is 25.5 Å². The van der Waals surface area contributed by atoms with E-state index in [2.05, 4.69) is 45.7 Å². The summed E-state index contributed by atoms with van der Waals surface area (Å²) in [6, 6.07) is 12.8. The molecule has 2 aromatic heterocycles. The van der Waals surface area contributed by atoms with E-state index < -0.39 is 15.9 Å². The number of methoxy groups -OCH3 is 2. The lowest BCUT2D eigenvalue weighted by Gasteiger charge is -2.33. The normalized spacial score (nSPS) is 16.8. The minimum absolute atomic E-state index is 0. The number of hydrogen-bond donors (Lipinski definition) is 2. The van der Waals surface area contributed by atoms with Gasteiger partial charge in [-0.2, -0.15) is 8.42 Å². The van der Waals surface area contributed by atoms with Crippen LogP contribution in [0.2, 0.25) is 0 Å². The molecule has 37 heavy (non-hydrogen) atoms. The summed E-state index contributed by atoms with van der Waals surface area (Å²) in [7, 11) is -1.22. The van der Waals surface area contributed by atoms with Gasteiger partial charge < -0.3 is 19.7 Å². The Hall–Kier alpha value is -3.86. The van der Waals surface area contributed by atoms with Gasteiger partial charge in [0.15, 0.2) is 5.03 Å². The maximum atomic E-state index is 13.2. The number of aromatic nitrogens is 2. The van der Waals surface area contributed by atoms with Crippen LogP contribution in [0.5, 0.6) is 11.5 Å². The lowest BCUT2D eigenvalue weighted by atomic mass is 9.97. The number of amides is 1. The zero-order valence-electron chi connectivity index (χ0n) is 21.5. The summed E-state index contributed by atoms with van der Waals surface area (Å²) in [6.45, 7) is 7.04. The first kappa shape index (κ1) is 26.2. The molecular formula is C26H35N5O5S. The Bertz CT molecular complexity index is 1420. The van der Waals surface area contributed by atoms with Gasteiger partial charge in [-0.3, -0.25) is 4.79 Å². The predicted molar refractivity (Wildman–Crippen MR) is 145 cm³/mol. The van der Waals surface area contributed by atoms with Gasteiger partial charge >= 0.3 is 0 Å². The van der Waals surface area contributed by atoms with Gasteiger partial charge in [-0.05, 0) is 62.6 Å². The van der Waals surface area contributed by atoms with Crippen molar-refractivity contribution < 1.29 is 25.5 Å². The zero-order chi connectivity index (χ0) is 26.8. The van der Waals surface area contributed by atoms with Crippen LogP contribution in [0.15, 0.2) is 59.8 Å². The Morgan fingerprint density at radius 3 is 2.59 bits per heavy atom. The summed E-state index contributed by atoms with van der Waals surface area (Å²) in [4.78, 5) is 23.9. The Morgan fingerprint density at radius 2 is 1.92 bits per heavy atom. The Balaban J connectivity index is 0.00000267. The van der Waals surface area contributed by atoms with Crippen molar-refractivity contribution in [3.8, 4) is 11.5 Å². The van der Waals surface area contributed by atoms with Crippen molar-refractivity contribution in [3.63, 3.8) is 0 Å². The van der Waals surface area contributed by atoms with E-state index in [9.17, 15) is 13.2 Å². The quantitative estimate of drug-likeness (QED) is 0.435. The molecule has 0 bridgehead atoms. The number of pyridine rings is 2. The molecule has 11 heteroatoms. The SMILES string of the molecule is COc1ccc(OC)c(Nc2cccc(S(=O)(=O)NC(=O)c3cccnc3N3CC(C)CC3(C)C)n2)c1.[HH].[HH]. The summed E-state index contributed by atoms with van der Waals surface area (Å²) >= 11 is 0. The molecule has 3 heterocycles. The maximum absolute atomic E-state index is 13.2. The van der Waals surface area contributed by atoms with Gasteiger partial charge in [0.25, 0.3) is 15.9 Å². The van der Waals surface area contributed by atoms with Crippen LogP contribution in [0.1, 0.15) is 40.4 Å². The molecule has 1 aromatic carbocycles. The molecule has 1 saturated heterocycles. The second kappa shape index (κ2) is 10.3. The number of nitrogens with zero attached hydrogens (tertiary/aromatic N) is 3. The first-order valence-electron chi connectivity index (χ1n) is 11.8. The number of carbonyl (C=O) groups excluding carboxylic acids is 1. The van der Waals surface area contributed by atoms with E-state index in [0.717, 1.165) is 13.0 Å². The molecule has 1 aliphatic heterocycles. The van der Waals surface area contributed by atoms with E-state index in [1.165, 1.54) is 19.2 Å². The number of ether oxygens (including phenoxy) is 2. The second-order valence-electron chi connectivity index (χ2n) is 9.59. The maximum Gasteiger partial charge on any atom is 0.281 e. The van der Waals surface area contributed by atoms with Gasteiger partial charge in [-0.25, -0.2) is 14.7 Å². The van der Waals surface area contributed by atoms with Gasteiger partial charge in [0, 0.05) is 27.2 Å². The van der Waals surface area contributed by atoms with E-state index >= 15 is 0 Å². The lowest BCUT2D eigenvalue weighted by molar-refractivity contribution is 0.0981. The van der Waals surface area contributed by atoms with Crippen LogP contribution in [-0.4, -0.2) is 50.6 Å². The molecule has 1 fully saturated rings. The third-order valence-electron chi connectivity index (χ3n) is 6.26. The average Bonchev–Trinajstić information content (AvgIpc) is 3.15. The fourth-order valence-corrected chi connectivity index (χ4v) is 5.60. The Labute approximate surface area is 220 Å². The number of carbonyl (C=O) groups is 1. The lowest BCUT2D eigenvalue weighted by Crippen LogP contribution is -2.41. The zero-order valence-corrected chi connectivity index (χ0v) is 22.3. The largest absolute Gasteiger partial charge is 0.497 e. The first-order valence-corrected chi connectivity index (χ1v) is 13.3. The van der Waals surface area contributed by atoms with Crippen molar-refractivity contribution >= 4 is 33.3 Å².